The SMILES string of the molecule is O=C(Cc1ccccc1)N(CCCn1ccnc1)c1nc2c(Cl)cccc2s1. The predicted molar refractivity (Wildman–Crippen MR) is 114 cm³/mol. The highest BCUT2D eigenvalue weighted by atomic mass is 35.5. The van der Waals surface area contributed by atoms with Gasteiger partial charge < -0.3 is 4.57 Å². The van der Waals surface area contributed by atoms with E-state index in [-0.39, 0.29) is 5.91 Å². The Morgan fingerprint density at radius 2 is 2.00 bits per heavy atom. The van der Waals surface area contributed by atoms with E-state index in [1.807, 2.05) is 59.3 Å². The number of benzene rings is 2. The number of anilines is 1. The molecule has 4 aromatic rings. The Balaban J connectivity index is 1.57. The summed E-state index contributed by atoms with van der Waals surface area (Å²) in [6.45, 7) is 1.38. The smallest absolute Gasteiger partial charge is 0.233 e. The maximum Gasteiger partial charge on any atom is 0.233 e. The molecule has 0 saturated carbocycles. The van der Waals surface area contributed by atoms with Gasteiger partial charge in [0.1, 0.15) is 5.52 Å². The quantitative estimate of drug-likeness (QED) is 0.439. The summed E-state index contributed by atoms with van der Waals surface area (Å²) in [6, 6.07) is 15.5. The summed E-state index contributed by atoms with van der Waals surface area (Å²) in [4.78, 5) is 23.6. The minimum absolute atomic E-state index is 0.0343. The molecule has 0 radical (unpaired) electrons. The molecular formula is C21H19ClN4OS. The summed E-state index contributed by atoms with van der Waals surface area (Å²) in [7, 11) is 0. The number of imidazole rings is 1. The van der Waals surface area contributed by atoms with E-state index in [0.717, 1.165) is 28.7 Å². The lowest BCUT2D eigenvalue weighted by molar-refractivity contribution is -0.118. The molecule has 2 aromatic carbocycles. The fraction of sp³-hybridized carbons (Fsp3) is 0.190. The summed E-state index contributed by atoms with van der Waals surface area (Å²) in [5.74, 6) is 0.0343. The van der Waals surface area contributed by atoms with Crippen LogP contribution < -0.4 is 4.90 Å². The molecular weight excluding hydrogens is 392 g/mol. The second-order valence-corrected chi connectivity index (χ2v) is 7.86. The second kappa shape index (κ2) is 8.54. The van der Waals surface area contributed by atoms with E-state index in [1.165, 1.54) is 11.3 Å². The third kappa shape index (κ3) is 4.24. The second-order valence-electron chi connectivity index (χ2n) is 6.44. The zero-order valence-electron chi connectivity index (χ0n) is 15.2. The number of rotatable bonds is 7. The van der Waals surface area contributed by atoms with Gasteiger partial charge in [0.05, 0.1) is 22.5 Å². The molecule has 0 N–H and O–H groups in total. The number of carbonyl (C=O) groups is 1. The molecule has 2 heterocycles. The molecule has 2 aromatic heterocycles. The molecule has 0 aliphatic carbocycles. The molecule has 4 rings (SSSR count). The van der Waals surface area contributed by atoms with E-state index in [2.05, 4.69) is 9.97 Å². The average molecular weight is 411 g/mol. The van der Waals surface area contributed by atoms with Gasteiger partial charge in [-0.25, -0.2) is 9.97 Å². The number of halogens is 1. The van der Waals surface area contributed by atoms with E-state index in [9.17, 15) is 4.79 Å². The summed E-state index contributed by atoms with van der Waals surface area (Å²) in [5, 5.41) is 1.29. The summed E-state index contributed by atoms with van der Waals surface area (Å²) >= 11 is 7.78. The van der Waals surface area contributed by atoms with Crippen LogP contribution in [0.25, 0.3) is 10.2 Å². The maximum atomic E-state index is 13.1. The Bertz CT molecular complexity index is 1060. The zero-order chi connectivity index (χ0) is 19.3. The Morgan fingerprint density at radius 1 is 1.14 bits per heavy atom. The van der Waals surface area contributed by atoms with Crippen molar-refractivity contribution in [3.05, 3.63) is 77.8 Å². The van der Waals surface area contributed by atoms with Crippen molar-refractivity contribution in [3.63, 3.8) is 0 Å². The first kappa shape index (κ1) is 18.7. The van der Waals surface area contributed by atoms with Crippen LogP contribution >= 0.6 is 22.9 Å². The predicted octanol–water partition coefficient (Wildman–Crippen LogP) is 4.81. The lowest BCUT2D eigenvalue weighted by Gasteiger charge is -2.20. The number of aryl methyl sites for hydroxylation is 1. The molecule has 0 fully saturated rings. The van der Waals surface area contributed by atoms with Crippen LogP contribution in [0.15, 0.2) is 67.3 Å². The minimum atomic E-state index is 0.0343. The van der Waals surface area contributed by atoms with Crippen LogP contribution in [0.5, 0.6) is 0 Å². The highest BCUT2D eigenvalue weighted by Crippen LogP contribution is 2.33. The number of carbonyl (C=O) groups excluding carboxylic acids is 1. The Morgan fingerprint density at radius 3 is 2.75 bits per heavy atom. The van der Waals surface area contributed by atoms with Gasteiger partial charge in [-0.3, -0.25) is 9.69 Å². The Kier molecular flexibility index (Phi) is 5.69. The van der Waals surface area contributed by atoms with Crippen LogP contribution in [-0.2, 0) is 17.8 Å². The fourth-order valence-corrected chi connectivity index (χ4v) is 4.35. The zero-order valence-corrected chi connectivity index (χ0v) is 16.7. The van der Waals surface area contributed by atoms with E-state index >= 15 is 0 Å². The van der Waals surface area contributed by atoms with Gasteiger partial charge >= 0.3 is 0 Å². The van der Waals surface area contributed by atoms with Crippen LogP contribution in [0.1, 0.15) is 12.0 Å². The average Bonchev–Trinajstić information content (AvgIpc) is 3.36. The van der Waals surface area contributed by atoms with Crippen LogP contribution in [0.4, 0.5) is 5.13 Å². The van der Waals surface area contributed by atoms with Gasteiger partial charge in [0, 0.05) is 25.5 Å². The van der Waals surface area contributed by atoms with Crippen LogP contribution in [0, 0.1) is 0 Å². The number of para-hydroxylation sites is 1. The van der Waals surface area contributed by atoms with Crippen molar-refractivity contribution in [3.8, 4) is 0 Å². The fourth-order valence-electron chi connectivity index (χ4n) is 3.04. The van der Waals surface area contributed by atoms with Gasteiger partial charge in [-0.2, -0.15) is 0 Å². The van der Waals surface area contributed by atoms with E-state index < -0.39 is 0 Å². The van der Waals surface area contributed by atoms with E-state index in [0.29, 0.717) is 23.1 Å². The molecule has 1 amide bonds. The first-order valence-corrected chi connectivity index (χ1v) is 10.3. The largest absolute Gasteiger partial charge is 0.337 e. The van der Waals surface area contributed by atoms with Crippen LogP contribution in [0.3, 0.4) is 0 Å². The van der Waals surface area contributed by atoms with Crippen molar-refractivity contribution >= 4 is 44.2 Å². The van der Waals surface area contributed by atoms with Crippen molar-refractivity contribution in [2.45, 2.75) is 19.4 Å². The molecule has 7 heteroatoms. The molecule has 0 aliphatic rings. The standard InChI is InChI=1S/C21H19ClN4OS/c22-17-8-4-9-18-20(17)24-21(28-18)26(12-5-11-25-13-10-23-15-25)19(27)14-16-6-2-1-3-7-16/h1-4,6-10,13,15H,5,11-12,14H2. The monoisotopic (exact) mass is 410 g/mol. The number of nitrogens with zero attached hydrogens (tertiary/aromatic N) is 4. The topological polar surface area (TPSA) is 51.0 Å². The van der Waals surface area contributed by atoms with Gasteiger partial charge in [-0.15, -0.1) is 0 Å². The molecule has 0 spiro atoms. The Labute approximate surface area is 172 Å². The Hall–Kier alpha value is -2.70. The summed E-state index contributed by atoms with van der Waals surface area (Å²) in [5.41, 5.74) is 1.74. The van der Waals surface area contributed by atoms with Crippen LogP contribution in [0.2, 0.25) is 5.02 Å². The van der Waals surface area contributed by atoms with Gasteiger partial charge in [0.15, 0.2) is 5.13 Å². The normalized spacial score (nSPS) is 11.0. The first-order valence-electron chi connectivity index (χ1n) is 9.06. The number of hydrogen-bond acceptors (Lipinski definition) is 4. The van der Waals surface area contributed by atoms with Gasteiger partial charge in [-0.05, 0) is 24.1 Å². The highest BCUT2D eigenvalue weighted by molar-refractivity contribution is 7.22. The van der Waals surface area contributed by atoms with E-state index in [4.69, 9.17) is 11.6 Å². The minimum Gasteiger partial charge on any atom is -0.337 e. The van der Waals surface area contributed by atoms with Gasteiger partial charge in [-0.1, -0.05) is 59.3 Å². The third-order valence-corrected chi connectivity index (χ3v) is 5.79. The third-order valence-electron chi connectivity index (χ3n) is 4.45. The number of aromatic nitrogens is 3. The number of amides is 1. The maximum absolute atomic E-state index is 13.1. The van der Waals surface area contributed by atoms with E-state index in [1.54, 1.807) is 17.4 Å². The number of thiazole rings is 1. The molecule has 28 heavy (non-hydrogen) atoms. The lowest BCUT2D eigenvalue weighted by atomic mass is 10.1. The van der Waals surface area contributed by atoms with Crippen molar-refractivity contribution in [2.75, 3.05) is 11.4 Å². The first-order chi connectivity index (χ1) is 13.7. The van der Waals surface area contributed by atoms with Gasteiger partial charge in [0.2, 0.25) is 5.91 Å². The highest BCUT2D eigenvalue weighted by Gasteiger charge is 2.20. The lowest BCUT2D eigenvalue weighted by Crippen LogP contribution is -2.33. The van der Waals surface area contributed by atoms with Crippen molar-refractivity contribution in [1.82, 2.24) is 14.5 Å². The molecule has 0 atom stereocenters. The molecule has 0 aliphatic heterocycles. The summed E-state index contributed by atoms with van der Waals surface area (Å²) in [6.07, 6.45) is 6.62. The van der Waals surface area contributed by atoms with Crippen molar-refractivity contribution in [2.24, 2.45) is 0 Å². The molecule has 0 saturated heterocycles. The molecule has 0 unspecified atom stereocenters. The number of fused-ring (bicyclic) bond motifs is 1. The molecule has 5 nitrogen and oxygen atoms in total. The van der Waals surface area contributed by atoms with Crippen LogP contribution in [-0.4, -0.2) is 27.0 Å². The van der Waals surface area contributed by atoms with Crippen molar-refractivity contribution < 1.29 is 4.79 Å². The molecule has 142 valence electrons. The van der Waals surface area contributed by atoms with Gasteiger partial charge in [0.25, 0.3) is 0 Å². The number of hydrogen-bond donors (Lipinski definition) is 0. The molecule has 0 bridgehead atoms. The summed E-state index contributed by atoms with van der Waals surface area (Å²) < 4.78 is 2.99. The van der Waals surface area contributed by atoms with Crippen molar-refractivity contribution in [1.29, 1.82) is 0 Å².